The zero-order valence-corrected chi connectivity index (χ0v) is 13.3. The maximum Gasteiger partial charge on any atom is 0.321 e. The molecule has 0 amide bonds. The fourth-order valence-corrected chi connectivity index (χ4v) is 3.11. The molecule has 0 spiro atoms. The lowest BCUT2D eigenvalue weighted by Gasteiger charge is -2.19. The van der Waals surface area contributed by atoms with Crippen LogP contribution in [0.25, 0.3) is 0 Å². The molecule has 0 bridgehead atoms. The first-order valence-corrected chi connectivity index (χ1v) is 7.63. The van der Waals surface area contributed by atoms with Gasteiger partial charge >= 0.3 is 5.97 Å². The fourth-order valence-electron chi connectivity index (χ4n) is 1.70. The number of likely N-dealkylation sites (N-methyl/N-ethyl adjacent to an activating group) is 1. The highest BCUT2D eigenvalue weighted by atomic mass is 32.2. The van der Waals surface area contributed by atoms with Crippen molar-refractivity contribution in [1.82, 2.24) is 4.31 Å². The standard InChI is InChI=1S/C13H19NO6S/c1-5-14(9-13(15)20-4)21(16,17)10-6-7-11(18-2)12(8-10)19-3/h6-8H,5,9H2,1-4H3. The number of esters is 1. The summed E-state index contributed by atoms with van der Waals surface area (Å²) in [5.74, 6) is 0.0982. The Morgan fingerprint density at radius 2 is 1.76 bits per heavy atom. The molecule has 0 fully saturated rings. The molecular weight excluding hydrogens is 298 g/mol. The highest BCUT2D eigenvalue weighted by molar-refractivity contribution is 7.89. The van der Waals surface area contributed by atoms with Gasteiger partial charge < -0.3 is 14.2 Å². The molecule has 0 aliphatic heterocycles. The van der Waals surface area contributed by atoms with E-state index in [-0.39, 0.29) is 18.0 Å². The number of nitrogens with zero attached hydrogens (tertiary/aromatic N) is 1. The van der Waals surface area contributed by atoms with Gasteiger partial charge in [-0.3, -0.25) is 4.79 Å². The lowest BCUT2D eigenvalue weighted by molar-refractivity contribution is -0.140. The minimum atomic E-state index is -3.82. The summed E-state index contributed by atoms with van der Waals surface area (Å²) in [5.41, 5.74) is 0. The molecule has 0 aliphatic rings. The van der Waals surface area contributed by atoms with Gasteiger partial charge in [-0.25, -0.2) is 8.42 Å². The van der Waals surface area contributed by atoms with Gasteiger partial charge in [-0.15, -0.1) is 0 Å². The zero-order valence-electron chi connectivity index (χ0n) is 12.5. The molecule has 0 radical (unpaired) electrons. The average Bonchev–Trinajstić information content (AvgIpc) is 2.51. The van der Waals surface area contributed by atoms with Crippen molar-refractivity contribution in [3.8, 4) is 11.5 Å². The molecule has 1 aromatic carbocycles. The van der Waals surface area contributed by atoms with Gasteiger partial charge in [0.2, 0.25) is 10.0 Å². The fraction of sp³-hybridized carbons (Fsp3) is 0.462. The molecule has 0 atom stereocenters. The van der Waals surface area contributed by atoms with Crippen LogP contribution in [0.2, 0.25) is 0 Å². The summed E-state index contributed by atoms with van der Waals surface area (Å²) in [6.07, 6.45) is 0. The molecule has 1 aromatic rings. The van der Waals surface area contributed by atoms with E-state index in [1.165, 1.54) is 39.5 Å². The van der Waals surface area contributed by atoms with Gasteiger partial charge in [-0.05, 0) is 12.1 Å². The van der Waals surface area contributed by atoms with Crippen LogP contribution in [0, 0.1) is 0 Å². The number of benzene rings is 1. The second kappa shape index (κ2) is 7.28. The summed E-state index contributed by atoms with van der Waals surface area (Å²) in [6.45, 7) is 1.44. The summed E-state index contributed by atoms with van der Waals surface area (Å²) in [7, 11) is 0.268. The van der Waals surface area contributed by atoms with Crippen molar-refractivity contribution in [1.29, 1.82) is 0 Å². The third-order valence-electron chi connectivity index (χ3n) is 2.88. The molecule has 0 saturated carbocycles. The first kappa shape index (κ1) is 17.3. The lowest BCUT2D eigenvalue weighted by atomic mass is 10.3. The van der Waals surface area contributed by atoms with Gasteiger partial charge in [0.05, 0.1) is 26.2 Å². The normalized spacial score (nSPS) is 11.3. The van der Waals surface area contributed by atoms with Crippen LogP contribution in [0.3, 0.4) is 0 Å². The van der Waals surface area contributed by atoms with E-state index in [2.05, 4.69) is 4.74 Å². The van der Waals surface area contributed by atoms with Gasteiger partial charge in [-0.2, -0.15) is 4.31 Å². The van der Waals surface area contributed by atoms with Crippen molar-refractivity contribution < 1.29 is 27.4 Å². The van der Waals surface area contributed by atoms with E-state index in [0.29, 0.717) is 11.5 Å². The molecule has 21 heavy (non-hydrogen) atoms. The predicted molar refractivity (Wildman–Crippen MR) is 76.0 cm³/mol. The van der Waals surface area contributed by atoms with Gasteiger partial charge in [0.15, 0.2) is 11.5 Å². The van der Waals surface area contributed by atoms with Crippen LogP contribution in [0.4, 0.5) is 0 Å². The Labute approximate surface area is 124 Å². The van der Waals surface area contributed by atoms with E-state index in [0.717, 1.165) is 4.31 Å². The predicted octanol–water partition coefficient (Wildman–Crippen LogP) is 0.887. The largest absolute Gasteiger partial charge is 0.493 e. The maximum atomic E-state index is 12.5. The summed E-state index contributed by atoms with van der Waals surface area (Å²) in [5, 5.41) is 0. The van der Waals surface area contributed by atoms with E-state index in [9.17, 15) is 13.2 Å². The summed E-state index contributed by atoms with van der Waals surface area (Å²) in [4.78, 5) is 11.3. The number of hydrogen-bond acceptors (Lipinski definition) is 6. The highest BCUT2D eigenvalue weighted by Gasteiger charge is 2.26. The Morgan fingerprint density at radius 3 is 2.24 bits per heavy atom. The van der Waals surface area contributed by atoms with E-state index >= 15 is 0 Å². The number of carbonyl (C=O) groups excluding carboxylic acids is 1. The molecule has 0 aromatic heterocycles. The molecule has 0 aliphatic carbocycles. The Kier molecular flexibility index (Phi) is 5.98. The summed E-state index contributed by atoms with van der Waals surface area (Å²) in [6, 6.07) is 4.25. The Bertz CT molecular complexity index is 599. The minimum Gasteiger partial charge on any atom is -0.493 e. The van der Waals surface area contributed by atoms with Gasteiger partial charge in [0.1, 0.15) is 6.54 Å². The van der Waals surface area contributed by atoms with Crippen molar-refractivity contribution in [3.05, 3.63) is 18.2 Å². The van der Waals surface area contributed by atoms with Crippen LogP contribution in [0.1, 0.15) is 6.92 Å². The smallest absolute Gasteiger partial charge is 0.321 e. The molecule has 1 rings (SSSR count). The third kappa shape index (κ3) is 3.85. The molecule has 8 heteroatoms. The van der Waals surface area contributed by atoms with Crippen LogP contribution < -0.4 is 9.47 Å². The molecule has 0 N–H and O–H groups in total. The molecule has 0 saturated heterocycles. The SMILES string of the molecule is CCN(CC(=O)OC)S(=O)(=O)c1ccc(OC)c(OC)c1. The van der Waals surface area contributed by atoms with E-state index in [1.807, 2.05) is 0 Å². The quantitative estimate of drug-likeness (QED) is 0.695. The van der Waals surface area contributed by atoms with Crippen LogP contribution in [0.5, 0.6) is 11.5 Å². The first-order chi connectivity index (χ1) is 9.90. The second-order valence-electron chi connectivity index (χ2n) is 4.02. The number of carbonyl (C=O) groups is 1. The number of methoxy groups -OCH3 is 3. The van der Waals surface area contributed by atoms with Crippen molar-refractivity contribution in [2.45, 2.75) is 11.8 Å². The molecular formula is C13H19NO6S. The zero-order chi connectivity index (χ0) is 16.0. The summed E-state index contributed by atoms with van der Waals surface area (Å²) >= 11 is 0. The van der Waals surface area contributed by atoms with Crippen molar-refractivity contribution >= 4 is 16.0 Å². The maximum absolute atomic E-state index is 12.5. The van der Waals surface area contributed by atoms with E-state index in [4.69, 9.17) is 9.47 Å². The Hall–Kier alpha value is -1.80. The molecule has 118 valence electrons. The van der Waals surface area contributed by atoms with Crippen molar-refractivity contribution in [2.75, 3.05) is 34.4 Å². The van der Waals surface area contributed by atoms with Crippen LogP contribution >= 0.6 is 0 Å². The topological polar surface area (TPSA) is 82.1 Å². The minimum absolute atomic E-state index is 0.0194. The van der Waals surface area contributed by atoms with Crippen molar-refractivity contribution in [2.24, 2.45) is 0 Å². The van der Waals surface area contributed by atoms with Gasteiger partial charge in [0.25, 0.3) is 0 Å². The van der Waals surface area contributed by atoms with Crippen LogP contribution in [-0.2, 0) is 19.6 Å². The number of hydrogen-bond donors (Lipinski definition) is 0. The van der Waals surface area contributed by atoms with Gasteiger partial charge in [0, 0.05) is 12.6 Å². The lowest BCUT2D eigenvalue weighted by Crippen LogP contribution is -2.36. The number of rotatable bonds is 7. The van der Waals surface area contributed by atoms with Gasteiger partial charge in [-0.1, -0.05) is 6.92 Å². The molecule has 7 nitrogen and oxygen atoms in total. The third-order valence-corrected chi connectivity index (χ3v) is 4.80. The van der Waals surface area contributed by atoms with Crippen LogP contribution in [-0.4, -0.2) is 53.1 Å². The number of sulfonamides is 1. The Morgan fingerprint density at radius 1 is 1.14 bits per heavy atom. The first-order valence-electron chi connectivity index (χ1n) is 6.19. The van der Waals surface area contributed by atoms with E-state index < -0.39 is 16.0 Å². The molecule has 0 heterocycles. The second-order valence-corrected chi connectivity index (χ2v) is 5.96. The molecule has 0 unspecified atom stereocenters. The highest BCUT2D eigenvalue weighted by Crippen LogP contribution is 2.30. The Balaban J connectivity index is 3.19. The van der Waals surface area contributed by atoms with Crippen molar-refractivity contribution in [3.63, 3.8) is 0 Å². The average molecular weight is 317 g/mol. The van der Waals surface area contributed by atoms with E-state index in [1.54, 1.807) is 6.92 Å². The summed E-state index contributed by atoms with van der Waals surface area (Å²) < 4.78 is 40.7. The monoisotopic (exact) mass is 317 g/mol. The number of ether oxygens (including phenoxy) is 3. The van der Waals surface area contributed by atoms with Crippen LogP contribution in [0.15, 0.2) is 23.1 Å².